The monoisotopic (exact) mass is 368 g/mol. The Labute approximate surface area is 138 Å². The first-order valence-electron chi connectivity index (χ1n) is 7.04. The molecule has 0 amide bonds. The summed E-state index contributed by atoms with van der Waals surface area (Å²) in [5.41, 5.74) is 2.37. The highest BCUT2D eigenvalue weighted by Crippen LogP contribution is 2.31. The summed E-state index contributed by atoms with van der Waals surface area (Å²) in [6.45, 7) is 7.22. The molecule has 0 fully saturated rings. The van der Waals surface area contributed by atoms with E-state index in [9.17, 15) is 0 Å². The van der Waals surface area contributed by atoms with Gasteiger partial charge in [0.15, 0.2) is 0 Å². The van der Waals surface area contributed by atoms with E-state index in [1.807, 2.05) is 12.1 Å². The molecule has 3 nitrogen and oxygen atoms in total. The van der Waals surface area contributed by atoms with Gasteiger partial charge >= 0.3 is 0 Å². The maximum atomic E-state index is 5.33. The van der Waals surface area contributed by atoms with Crippen LogP contribution in [0, 0.1) is 13.8 Å². The third-order valence-electron chi connectivity index (χ3n) is 3.38. The molecule has 1 unspecified atom stereocenters. The lowest BCUT2D eigenvalue weighted by Crippen LogP contribution is -2.23. The van der Waals surface area contributed by atoms with Crippen molar-refractivity contribution >= 4 is 27.3 Å². The van der Waals surface area contributed by atoms with Gasteiger partial charge in [0.25, 0.3) is 0 Å². The fraction of sp³-hybridized carbons (Fsp3) is 0.438. The van der Waals surface area contributed by atoms with Gasteiger partial charge in [-0.25, -0.2) is 4.98 Å². The Balaban J connectivity index is 2.30. The SMILES string of the molecule is CCNC(Cc1cc(OC)ccc1Br)c1sc(C)nc1C. The van der Waals surface area contributed by atoms with Crippen LogP contribution in [0.2, 0.25) is 0 Å². The van der Waals surface area contributed by atoms with Crippen LogP contribution in [0.4, 0.5) is 0 Å². The third-order valence-corrected chi connectivity index (χ3v) is 5.34. The molecular weight excluding hydrogens is 348 g/mol. The van der Waals surface area contributed by atoms with Crippen LogP contribution in [0.1, 0.15) is 34.1 Å². The predicted octanol–water partition coefficient (Wildman–Crippen LogP) is 4.42. The number of nitrogens with zero attached hydrogens (tertiary/aromatic N) is 1. The van der Waals surface area contributed by atoms with Gasteiger partial charge in [-0.1, -0.05) is 22.9 Å². The van der Waals surface area contributed by atoms with Gasteiger partial charge in [0, 0.05) is 15.4 Å². The van der Waals surface area contributed by atoms with Gasteiger partial charge in [0.05, 0.1) is 17.8 Å². The van der Waals surface area contributed by atoms with Crippen LogP contribution in [0.3, 0.4) is 0 Å². The molecule has 0 bridgehead atoms. The smallest absolute Gasteiger partial charge is 0.119 e. The second kappa shape index (κ2) is 7.38. The van der Waals surface area contributed by atoms with Crippen molar-refractivity contribution in [1.82, 2.24) is 10.3 Å². The van der Waals surface area contributed by atoms with Crippen LogP contribution < -0.4 is 10.1 Å². The molecule has 0 aliphatic heterocycles. The average molecular weight is 369 g/mol. The number of halogens is 1. The van der Waals surface area contributed by atoms with E-state index in [4.69, 9.17) is 4.74 Å². The summed E-state index contributed by atoms with van der Waals surface area (Å²) in [7, 11) is 1.70. The summed E-state index contributed by atoms with van der Waals surface area (Å²) in [6.07, 6.45) is 0.911. The Hall–Kier alpha value is -0.910. The highest BCUT2D eigenvalue weighted by Gasteiger charge is 2.18. The van der Waals surface area contributed by atoms with Crippen molar-refractivity contribution in [2.75, 3.05) is 13.7 Å². The number of thiazole rings is 1. The summed E-state index contributed by atoms with van der Waals surface area (Å²) in [5, 5.41) is 4.70. The predicted molar refractivity (Wildman–Crippen MR) is 92.4 cm³/mol. The van der Waals surface area contributed by atoms with Crippen molar-refractivity contribution in [3.63, 3.8) is 0 Å². The summed E-state index contributed by atoms with van der Waals surface area (Å²) < 4.78 is 6.45. The Morgan fingerprint density at radius 2 is 2.14 bits per heavy atom. The van der Waals surface area contributed by atoms with E-state index in [2.05, 4.69) is 53.1 Å². The van der Waals surface area contributed by atoms with E-state index in [1.165, 1.54) is 10.4 Å². The van der Waals surface area contributed by atoms with Crippen molar-refractivity contribution in [2.45, 2.75) is 33.2 Å². The van der Waals surface area contributed by atoms with Crippen LogP contribution in [-0.4, -0.2) is 18.6 Å². The standard InChI is InChI=1S/C16H21BrN2OS/c1-5-18-15(16-10(2)19-11(3)21-16)9-12-8-13(20-4)6-7-14(12)17/h6-8,15,18H,5,9H2,1-4H3. The van der Waals surface area contributed by atoms with Gasteiger partial charge in [-0.3, -0.25) is 0 Å². The summed E-state index contributed by atoms with van der Waals surface area (Å²) >= 11 is 5.42. The number of likely N-dealkylation sites (N-methyl/N-ethyl adjacent to an activating group) is 1. The van der Waals surface area contributed by atoms with Crippen LogP contribution in [0.5, 0.6) is 5.75 Å². The highest BCUT2D eigenvalue weighted by atomic mass is 79.9. The van der Waals surface area contributed by atoms with Gasteiger partial charge in [0.1, 0.15) is 5.75 Å². The van der Waals surface area contributed by atoms with E-state index in [0.717, 1.165) is 33.9 Å². The number of aryl methyl sites for hydroxylation is 2. The minimum absolute atomic E-state index is 0.282. The fourth-order valence-corrected chi connectivity index (χ4v) is 3.84. The molecule has 0 spiro atoms. The van der Waals surface area contributed by atoms with Crippen molar-refractivity contribution in [2.24, 2.45) is 0 Å². The molecule has 0 saturated heterocycles. The summed E-state index contributed by atoms with van der Waals surface area (Å²) in [4.78, 5) is 5.88. The molecule has 1 aromatic heterocycles. The summed E-state index contributed by atoms with van der Waals surface area (Å²) in [5.74, 6) is 0.889. The molecule has 0 aliphatic carbocycles. The molecule has 0 aliphatic rings. The molecule has 114 valence electrons. The number of rotatable bonds is 6. The number of ether oxygens (including phenoxy) is 1. The molecule has 1 aromatic carbocycles. The van der Waals surface area contributed by atoms with Crippen molar-refractivity contribution in [3.8, 4) is 5.75 Å². The first-order chi connectivity index (χ1) is 10.0. The molecule has 1 atom stereocenters. The zero-order valence-electron chi connectivity index (χ0n) is 12.9. The maximum Gasteiger partial charge on any atom is 0.119 e. The zero-order valence-corrected chi connectivity index (χ0v) is 15.3. The minimum Gasteiger partial charge on any atom is -0.497 e. The Kier molecular flexibility index (Phi) is 5.79. The molecule has 2 aromatic rings. The highest BCUT2D eigenvalue weighted by molar-refractivity contribution is 9.10. The molecule has 5 heteroatoms. The number of hydrogen-bond donors (Lipinski definition) is 1. The van der Waals surface area contributed by atoms with Crippen molar-refractivity contribution in [3.05, 3.63) is 43.8 Å². The normalized spacial score (nSPS) is 12.4. The molecule has 1 N–H and O–H groups in total. The van der Waals surface area contributed by atoms with E-state index >= 15 is 0 Å². The molecular formula is C16H21BrN2OS. The first-order valence-corrected chi connectivity index (χ1v) is 8.65. The number of nitrogens with one attached hydrogen (secondary N) is 1. The van der Waals surface area contributed by atoms with E-state index in [1.54, 1.807) is 18.4 Å². The average Bonchev–Trinajstić information content (AvgIpc) is 2.79. The zero-order chi connectivity index (χ0) is 15.4. The first kappa shape index (κ1) is 16.5. The van der Waals surface area contributed by atoms with E-state index < -0.39 is 0 Å². The topological polar surface area (TPSA) is 34.1 Å². The van der Waals surface area contributed by atoms with Crippen molar-refractivity contribution in [1.29, 1.82) is 0 Å². The van der Waals surface area contributed by atoms with Crippen LogP contribution in [0.25, 0.3) is 0 Å². The van der Waals surface area contributed by atoms with Crippen molar-refractivity contribution < 1.29 is 4.74 Å². The molecule has 2 rings (SSSR count). The molecule has 1 heterocycles. The van der Waals surface area contributed by atoms with E-state index in [-0.39, 0.29) is 6.04 Å². The van der Waals surface area contributed by atoms with Crippen LogP contribution in [0.15, 0.2) is 22.7 Å². The number of benzene rings is 1. The quantitative estimate of drug-likeness (QED) is 0.818. The second-order valence-corrected chi connectivity index (χ2v) is 7.04. The second-order valence-electron chi connectivity index (χ2n) is 4.95. The maximum absolute atomic E-state index is 5.33. The third kappa shape index (κ3) is 4.05. The largest absolute Gasteiger partial charge is 0.497 e. The van der Waals surface area contributed by atoms with Crippen LogP contribution >= 0.6 is 27.3 Å². The van der Waals surface area contributed by atoms with Gasteiger partial charge in [0.2, 0.25) is 0 Å². The summed E-state index contributed by atoms with van der Waals surface area (Å²) in [6, 6.07) is 6.39. The lowest BCUT2D eigenvalue weighted by molar-refractivity contribution is 0.413. The van der Waals surface area contributed by atoms with Gasteiger partial charge in [-0.15, -0.1) is 11.3 Å². The number of hydrogen-bond acceptors (Lipinski definition) is 4. The van der Waals surface area contributed by atoms with Crippen LogP contribution in [-0.2, 0) is 6.42 Å². The van der Waals surface area contributed by atoms with E-state index in [0.29, 0.717) is 0 Å². The van der Waals surface area contributed by atoms with Gasteiger partial charge in [-0.2, -0.15) is 0 Å². The molecule has 21 heavy (non-hydrogen) atoms. The number of aromatic nitrogens is 1. The number of methoxy groups -OCH3 is 1. The van der Waals surface area contributed by atoms with Gasteiger partial charge in [-0.05, 0) is 50.6 Å². The fourth-order valence-electron chi connectivity index (χ4n) is 2.43. The molecule has 0 saturated carbocycles. The minimum atomic E-state index is 0.282. The Bertz CT molecular complexity index is 612. The molecule has 0 radical (unpaired) electrons. The lowest BCUT2D eigenvalue weighted by Gasteiger charge is -2.18. The Morgan fingerprint density at radius 3 is 2.71 bits per heavy atom. The Morgan fingerprint density at radius 1 is 1.38 bits per heavy atom. The lowest BCUT2D eigenvalue weighted by atomic mass is 10.0. The van der Waals surface area contributed by atoms with Gasteiger partial charge < -0.3 is 10.1 Å².